The molecule has 4 heteroatoms. The first-order valence-corrected chi connectivity index (χ1v) is 9.67. The number of ether oxygens (including phenoxy) is 1. The van der Waals surface area contributed by atoms with Crippen LogP contribution in [0, 0.1) is 5.92 Å². The van der Waals surface area contributed by atoms with Crippen LogP contribution >= 0.6 is 0 Å². The molecule has 0 bridgehead atoms. The van der Waals surface area contributed by atoms with Gasteiger partial charge in [0.15, 0.2) is 0 Å². The van der Waals surface area contributed by atoms with Crippen molar-refractivity contribution in [1.82, 2.24) is 5.32 Å². The zero-order chi connectivity index (χ0) is 19.2. The third-order valence-electron chi connectivity index (χ3n) is 5.23. The summed E-state index contributed by atoms with van der Waals surface area (Å²) in [6, 6.07) is 20.7. The van der Waals surface area contributed by atoms with Crippen molar-refractivity contribution in [3.8, 4) is 0 Å². The lowest BCUT2D eigenvalue weighted by Crippen LogP contribution is -2.44. The van der Waals surface area contributed by atoms with E-state index in [2.05, 4.69) is 67.7 Å². The van der Waals surface area contributed by atoms with Crippen molar-refractivity contribution in [3.63, 3.8) is 0 Å². The van der Waals surface area contributed by atoms with Crippen molar-refractivity contribution in [3.05, 3.63) is 71.8 Å². The lowest BCUT2D eigenvalue weighted by atomic mass is 9.86. The van der Waals surface area contributed by atoms with Crippen LogP contribution < -0.4 is 5.32 Å². The van der Waals surface area contributed by atoms with Gasteiger partial charge in [0, 0.05) is 12.8 Å². The Morgan fingerprint density at radius 1 is 1.11 bits per heavy atom. The smallest absolute Gasteiger partial charge is 0.217 e. The quantitative estimate of drug-likeness (QED) is 0.802. The molecule has 0 spiro atoms. The minimum absolute atomic E-state index is 0.00915. The Kier molecular flexibility index (Phi) is 6.28. The van der Waals surface area contributed by atoms with E-state index in [4.69, 9.17) is 9.73 Å². The fraction of sp³-hybridized carbons (Fsp3) is 0.391. The summed E-state index contributed by atoms with van der Waals surface area (Å²) in [5, 5.41) is 3.02. The topological polar surface area (TPSA) is 50.7 Å². The molecule has 1 amide bonds. The van der Waals surface area contributed by atoms with E-state index in [0.717, 1.165) is 6.42 Å². The highest BCUT2D eigenvalue weighted by Crippen LogP contribution is 2.32. The van der Waals surface area contributed by atoms with Crippen LogP contribution in [0.4, 0.5) is 0 Å². The molecule has 0 saturated heterocycles. The molecule has 1 aliphatic rings. The van der Waals surface area contributed by atoms with Crippen LogP contribution in [0.5, 0.6) is 0 Å². The third kappa shape index (κ3) is 4.57. The summed E-state index contributed by atoms with van der Waals surface area (Å²) in [4.78, 5) is 16.6. The Morgan fingerprint density at radius 2 is 1.67 bits per heavy atom. The Balaban J connectivity index is 1.93. The Morgan fingerprint density at radius 3 is 2.15 bits per heavy atom. The maximum Gasteiger partial charge on any atom is 0.217 e. The monoisotopic (exact) mass is 364 g/mol. The molecule has 142 valence electrons. The number of hydrogen-bond donors (Lipinski definition) is 1. The number of aliphatic imine (C=N–C) groups is 1. The van der Waals surface area contributed by atoms with Crippen molar-refractivity contribution in [2.75, 3.05) is 6.61 Å². The summed E-state index contributed by atoms with van der Waals surface area (Å²) in [7, 11) is 0. The molecule has 1 heterocycles. The highest BCUT2D eigenvalue weighted by Gasteiger charge is 2.34. The number of nitrogens with zero attached hydrogens (tertiary/aromatic N) is 1. The molecule has 3 atom stereocenters. The van der Waals surface area contributed by atoms with E-state index in [1.54, 1.807) is 6.92 Å². The van der Waals surface area contributed by atoms with Gasteiger partial charge in [0.05, 0.1) is 6.04 Å². The van der Waals surface area contributed by atoms with E-state index in [9.17, 15) is 4.79 Å². The third-order valence-corrected chi connectivity index (χ3v) is 5.23. The second-order valence-corrected chi connectivity index (χ2v) is 7.21. The first-order chi connectivity index (χ1) is 13.1. The molecule has 1 aliphatic heterocycles. The number of rotatable bonds is 7. The normalized spacial score (nSPS) is 18.5. The summed E-state index contributed by atoms with van der Waals surface area (Å²) in [6.45, 7) is 6.30. The second kappa shape index (κ2) is 8.85. The molecule has 0 aliphatic carbocycles. The van der Waals surface area contributed by atoms with E-state index in [1.165, 1.54) is 11.1 Å². The fourth-order valence-electron chi connectivity index (χ4n) is 3.61. The molecule has 2 aromatic carbocycles. The minimum atomic E-state index is -0.176. The number of amides is 1. The first-order valence-electron chi connectivity index (χ1n) is 9.67. The molecule has 1 N–H and O–H groups in total. The van der Waals surface area contributed by atoms with Gasteiger partial charge in [-0.1, -0.05) is 80.9 Å². The number of nitrogens with one attached hydrogen (secondary N) is 1. The van der Waals surface area contributed by atoms with Gasteiger partial charge in [0.2, 0.25) is 11.8 Å². The average Bonchev–Trinajstić information content (AvgIpc) is 3.16. The Labute approximate surface area is 161 Å². The Bertz CT molecular complexity index is 734. The van der Waals surface area contributed by atoms with E-state index in [-0.39, 0.29) is 29.8 Å². The SMILES string of the molecule is CC[C@H](C)[C@H](NC(C)=O)C1=N[C@@H](C(c2ccccc2)c2ccccc2)CO1. The van der Waals surface area contributed by atoms with Gasteiger partial charge in [-0.25, -0.2) is 4.99 Å². The van der Waals surface area contributed by atoms with Crippen LogP contribution in [0.2, 0.25) is 0 Å². The van der Waals surface area contributed by atoms with Crippen molar-refractivity contribution in [2.45, 2.75) is 45.2 Å². The molecule has 27 heavy (non-hydrogen) atoms. The van der Waals surface area contributed by atoms with Crippen LogP contribution in [0.15, 0.2) is 65.7 Å². The highest BCUT2D eigenvalue weighted by atomic mass is 16.5. The van der Waals surface area contributed by atoms with Crippen LogP contribution in [0.25, 0.3) is 0 Å². The summed E-state index contributed by atoms with van der Waals surface area (Å²) >= 11 is 0. The number of hydrogen-bond acceptors (Lipinski definition) is 3. The zero-order valence-corrected chi connectivity index (χ0v) is 16.3. The maximum absolute atomic E-state index is 11.7. The average molecular weight is 364 g/mol. The van der Waals surface area contributed by atoms with Gasteiger partial charge in [0.25, 0.3) is 0 Å². The summed E-state index contributed by atoms with van der Waals surface area (Å²) in [5.74, 6) is 0.984. The predicted molar refractivity (Wildman–Crippen MR) is 109 cm³/mol. The molecule has 0 radical (unpaired) electrons. The van der Waals surface area contributed by atoms with Gasteiger partial charge < -0.3 is 10.1 Å². The molecular formula is C23H28N2O2. The van der Waals surface area contributed by atoms with E-state index < -0.39 is 0 Å². The summed E-state index contributed by atoms with van der Waals surface area (Å²) < 4.78 is 6.01. The fourth-order valence-corrected chi connectivity index (χ4v) is 3.61. The molecule has 3 rings (SSSR count). The maximum atomic E-state index is 11.7. The lowest BCUT2D eigenvalue weighted by Gasteiger charge is -2.22. The van der Waals surface area contributed by atoms with Crippen LogP contribution in [-0.2, 0) is 9.53 Å². The van der Waals surface area contributed by atoms with Crippen LogP contribution in [-0.4, -0.2) is 30.5 Å². The largest absolute Gasteiger partial charge is 0.477 e. The summed E-state index contributed by atoms with van der Waals surface area (Å²) in [6.07, 6.45) is 0.943. The van der Waals surface area contributed by atoms with E-state index >= 15 is 0 Å². The van der Waals surface area contributed by atoms with Crippen molar-refractivity contribution >= 4 is 11.8 Å². The Hall–Kier alpha value is -2.62. The molecule has 0 fully saturated rings. The van der Waals surface area contributed by atoms with Gasteiger partial charge in [0.1, 0.15) is 12.6 Å². The van der Waals surface area contributed by atoms with Crippen molar-refractivity contribution < 1.29 is 9.53 Å². The molecule has 0 saturated carbocycles. The van der Waals surface area contributed by atoms with Gasteiger partial charge in [-0.3, -0.25) is 4.79 Å². The van der Waals surface area contributed by atoms with E-state index in [1.807, 2.05) is 12.1 Å². The lowest BCUT2D eigenvalue weighted by molar-refractivity contribution is -0.119. The van der Waals surface area contributed by atoms with Crippen LogP contribution in [0.1, 0.15) is 44.2 Å². The van der Waals surface area contributed by atoms with Crippen molar-refractivity contribution in [2.24, 2.45) is 10.9 Å². The number of carbonyl (C=O) groups excluding carboxylic acids is 1. The van der Waals surface area contributed by atoms with Gasteiger partial charge in [-0.05, 0) is 17.0 Å². The van der Waals surface area contributed by atoms with Gasteiger partial charge in [-0.15, -0.1) is 0 Å². The molecule has 2 aromatic rings. The molecular weight excluding hydrogens is 336 g/mol. The second-order valence-electron chi connectivity index (χ2n) is 7.21. The van der Waals surface area contributed by atoms with Gasteiger partial charge in [-0.2, -0.15) is 0 Å². The molecule has 0 unspecified atom stereocenters. The molecule has 0 aromatic heterocycles. The summed E-state index contributed by atoms with van der Waals surface area (Å²) in [5.41, 5.74) is 2.45. The number of carbonyl (C=O) groups is 1. The van der Waals surface area contributed by atoms with Crippen molar-refractivity contribution in [1.29, 1.82) is 0 Å². The minimum Gasteiger partial charge on any atom is -0.477 e. The molecule has 4 nitrogen and oxygen atoms in total. The predicted octanol–water partition coefficient (Wildman–Crippen LogP) is 4.17. The van der Waals surface area contributed by atoms with E-state index in [0.29, 0.717) is 12.5 Å². The zero-order valence-electron chi connectivity index (χ0n) is 16.3. The highest BCUT2D eigenvalue weighted by molar-refractivity contribution is 5.88. The van der Waals surface area contributed by atoms with Gasteiger partial charge >= 0.3 is 0 Å². The van der Waals surface area contributed by atoms with Crippen LogP contribution in [0.3, 0.4) is 0 Å². The first kappa shape index (κ1) is 19.2. The standard InChI is InChI=1S/C23H28N2O2/c1-4-16(2)22(24-17(3)26)23-25-20(15-27-23)21(18-11-7-5-8-12-18)19-13-9-6-10-14-19/h5-14,16,20-22H,4,15H2,1-3H3,(H,24,26)/t16-,20+,22-/m0/s1. The number of benzene rings is 2.